The molecule has 2 aromatic carbocycles. The minimum absolute atomic E-state index is 0.263. The number of nitrogens with zero attached hydrogens (tertiary/aromatic N) is 2. The van der Waals surface area contributed by atoms with Gasteiger partial charge in [-0.05, 0) is 59.8 Å². The van der Waals surface area contributed by atoms with Crippen molar-refractivity contribution in [2.75, 3.05) is 5.32 Å². The van der Waals surface area contributed by atoms with Crippen LogP contribution in [0, 0.1) is 16.3 Å². The highest BCUT2D eigenvalue weighted by atomic mass is 127. The molecular formula is C17H13FIN3O. The number of imidazole rings is 1. The number of amides is 1. The van der Waals surface area contributed by atoms with Crippen molar-refractivity contribution >= 4 is 34.2 Å². The number of carbonyl (C=O) groups is 1. The quantitative estimate of drug-likeness (QED) is 0.646. The van der Waals surface area contributed by atoms with E-state index in [1.807, 2.05) is 12.1 Å². The molecular weight excluding hydrogens is 408 g/mol. The molecule has 0 aliphatic rings. The Hall–Kier alpha value is -2.22. The Labute approximate surface area is 146 Å². The fourth-order valence-electron chi connectivity index (χ4n) is 2.26. The van der Waals surface area contributed by atoms with Crippen molar-refractivity contribution in [1.82, 2.24) is 9.55 Å². The monoisotopic (exact) mass is 421 g/mol. The van der Waals surface area contributed by atoms with Crippen molar-refractivity contribution in [3.63, 3.8) is 0 Å². The molecule has 0 bridgehead atoms. The number of rotatable bonds is 3. The molecule has 0 aliphatic carbocycles. The Balaban J connectivity index is 1.85. The van der Waals surface area contributed by atoms with Crippen LogP contribution < -0.4 is 5.32 Å². The van der Waals surface area contributed by atoms with E-state index < -0.39 is 5.82 Å². The molecule has 4 nitrogen and oxygen atoms in total. The molecule has 3 aromatic rings. The van der Waals surface area contributed by atoms with Gasteiger partial charge in [-0.15, -0.1) is 0 Å². The molecule has 0 radical (unpaired) electrons. The first kappa shape index (κ1) is 15.7. The predicted molar refractivity (Wildman–Crippen MR) is 95.4 cm³/mol. The lowest BCUT2D eigenvalue weighted by molar-refractivity contribution is 0.102. The number of aryl methyl sites for hydroxylation is 1. The van der Waals surface area contributed by atoms with E-state index in [1.165, 1.54) is 6.07 Å². The van der Waals surface area contributed by atoms with Crippen LogP contribution in [0.25, 0.3) is 5.69 Å². The lowest BCUT2D eigenvalue weighted by Crippen LogP contribution is -2.13. The van der Waals surface area contributed by atoms with E-state index in [9.17, 15) is 9.18 Å². The van der Waals surface area contributed by atoms with Gasteiger partial charge in [0.05, 0.1) is 11.3 Å². The molecule has 23 heavy (non-hydrogen) atoms. The number of halogens is 2. The first-order valence-corrected chi connectivity index (χ1v) is 8.00. The highest BCUT2D eigenvalue weighted by molar-refractivity contribution is 14.1. The zero-order valence-electron chi connectivity index (χ0n) is 12.3. The van der Waals surface area contributed by atoms with Crippen LogP contribution in [0.15, 0.2) is 54.9 Å². The third kappa shape index (κ3) is 3.26. The molecule has 1 heterocycles. The van der Waals surface area contributed by atoms with E-state index >= 15 is 0 Å². The Morgan fingerprint density at radius 3 is 2.70 bits per heavy atom. The van der Waals surface area contributed by atoms with Gasteiger partial charge in [0, 0.05) is 21.7 Å². The van der Waals surface area contributed by atoms with E-state index in [1.54, 1.807) is 48.1 Å². The third-order valence-electron chi connectivity index (χ3n) is 3.41. The zero-order chi connectivity index (χ0) is 16.4. The summed E-state index contributed by atoms with van der Waals surface area (Å²) in [5.74, 6) is 0.00662. The molecule has 3 rings (SSSR count). The minimum atomic E-state index is -0.424. The summed E-state index contributed by atoms with van der Waals surface area (Å²) < 4.78 is 16.8. The van der Waals surface area contributed by atoms with Gasteiger partial charge in [-0.25, -0.2) is 9.37 Å². The van der Waals surface area contributed by atoms with Gasteiger partial charge in [-0.2, -0.15) is 0 Å². The second-order valence-corrected chi connectivity index (χ2v) is 6.11. The van der Waals surface area contributed by atoms with Crippen LogP contribution in [0.4, 0.5) is 10.1 Å². The molecule has 1 N–H and O–H groups in total. The maximum Gasteiger partial charge on any atom is 0.256 e. The Bertz CT molecular complexity index is 876. The van der Waals surface area contributed by atoms with Crippen molar-refractivity contribution < 1.29 is 9.18 Å². The summed E-state index contributed by atoms with van der Waals surface area (Å²) in [6, 6.07) is 11.8. The predicted octanol–water partition coefficient (Wildman–Crippen LogP) is 4.18. The number of carbonyl (C=O) groups excluding carboxylic acids is 1. The van der Waals surface area contributed by atoms with E-state index in [0.717, 1.165) is 3.57 Å². The van der Waals surface area contributed by atoms with Crippen molar-refractivity contribution in [3.8, 4) is 5.69 Å². The average molecular weight is 421 g/mol. The van der Waals surface area contributed by atoms with Gasteiger partial charge in [0.25, 0.3) is 5.91 Å². The van der Waals surface area contributed by atoms with Crippen LogP contribution in [0.5, 0.6) is 0 Å². The molecule has 0 fully saturated rings. The number of anilines is 1. The normalized spacial score (nSPS) is 10.6. The van der Waals surface area contributed by atoms with Gasteiger partial charge in [-0.1, -0.05) is 12.1 Å². The third-order valence-corrected chi connectivity index (χ3v) is 4.35. The first-order valence-electron chi connectivity index (χ1n) is 6.92. The smallest absolute Gasteiger partial charge is 0.256 e. The van der Waals surface area contributed by atoms with E-state index in [2.05, 4.69) is 32.9 Å². The van der Waals surface area contributed by atoms with Crippen LogP contribution in [0.2, 0.25) is 0 Å². The summed E-state index contributed by atoms with van der Waals surface area (Å²) in [4.78, 5) is 16.3. The van der Waals surface area contributed by atoms with E-state index in [4.69, 9.17) is 0 Å². The average Bonchev–Trinajstić information content (AvgIpc) is 2.94. The van der Waals surface area contributed by atoms with Gasteiger partial charge in [0.15, 0.2) is 0 Å². The first-order chi connectivity index (χ1) is 11.1. The number of hydrogen-bond donors (Lipinski definition) is 1. The van der Waals surface area contributed by atoms with Gasteiger partial charge in [0.2, 0.25) is 0 Å². The summed E-state index contributed by atoms with van der Waals surface area (Å²) in [7, 11) is 0. The Morgan fingerprint density at radius 1 is 1.26 bits per heavy atom. The molecule has 0 atom stereocenters. The fourth-order valence-corrected chi connectivity index (χ4v) is 2.89. The highest BCUT2D eigenvalue weighted by Crippen LogP contribution is 2.20. The Kier molecular flexibility index (Phi) is 4.42. The molecule has 0 spiro atoms. The standard InChI is InChI=1S/C17H13FIN3O/c1-11-20-8-9-22(11)16-7-6-12(10-14(16)18)21-17(23)13-4-2-3-5-15(13)19/h2-10H,1H3,(H,21,23). The van der Waals surface area contributed by atoms with Crippen molar-refractivity contribution in [3.05, 3.63) is 75.6 Å². The molecule has 116 valence electrons. The van der Waals surface area contributed by atoms with Crippen LogP contribution in [0.3, 0.4) is 0 Å². The van der Waals surface area contributed by atoms with Crippen molar-refractivity contribution in [2.45, 2.75) is 6.92 Å². The number of nitrogens with one attached hydrogen (secondary N) is 1. The lowest BCUT2D eigenvalue weighted by Gasteiger charge is -2.10. The van der Waals surface area contributed by atoms with Crippen molar-refractivity contribution in [2.24, 2.45) is 0 Å². The van der Waals surface area contributed by atoms with Crippen LogP contribution >= 0.6 is 22.6 Å². The summed E-state index contributed by atoms with van der Waals surface area (Å²) in [5.41, 5.74) is 1.36. The molecule has 1 amide bonds. The molecule has 0 saturated heterocycles. The second kappa shape index (κ2) is 6.49. The zero-order valence-corrected chi connectivity index (χ0v) is 14.4. The van der Waals surface area contributed by atoms with Crippen LogP contribution in [-0.2, 0) is 0 Å². The molecule has 1 aromatic heterocycles. The van der Waals surface area contributed by atoms with Crippen molar-refractivity contribution in [1.29, 1.82) is 0 Å². The highest BCUT2D eigenvalue weighted by Gasteiger charge is 2.12. The largest absolute Gasteiger partial charge is 0.322 e. The summed E-state index contributed by atoms with van der Waals surface area (Å²) in [6.45, 7) is 1.80. The SMILES string of the molecule is Cc1nccn1-c1ccc(NC(=O)c2ccccc2I)cc1F. The summed E-state index contributed by atoms with van der Waals surface area (Å²) >= 11 is 2.10. The molecule has 0 saturated carbocycles. The van der Waals surface area contributed by atoms with Gasteiger partial charge in [0.1, 0.15) is 11.6 Å². The van der Waals surface area contributed by atoms with E-state index in [0.29, 0.717) is 22.8 Å². The number of hydrogen-bond acceptors (Lipinski definition) is 2. The summed E-state index contributed by atoms with van der Waals surface area (Å²) in [6.07, 6.45) is 3.31. The topological polar surface area (TPSA) is 46.9 Å². The minimum Gasteiger partial charge on any atom is -0.322 e. The number of benzene rings is 2. The molecule has 0 unspecified atom stereocenters. The van der Waals surface area contributed by atoms with Gasteiger partial charge < -0.3 is 9.88 Å². The number of aromatic nitrogens is 2. The lowest BCUT2D eigenvalue weighted by atomic mass is 10.2. The summed E-state index contributed by atoms with van der Waals surface area (Å²) in [5, 5.41) is 2.72. The van der Waals surface area contributed by atoms with Gasteiger partial charge in [-0.3, -0.25) is 4.79 Å². The van der Waals surface area contributed by atoms with Crippen LogP contribution in [0.1, 0.15) is 16.2 Å². The van der Waals surface area contributed by atoms with E-state index in [-0.39, 0.29) is 5.91 Å². The van der Waals surface area contributed by atoms with Gasteiger partial charge >= 0.3 is 0 Å². The maximum absolute atomic E-state index is 14.3. The Morgan fingerprint density at radius 2 is 2.04 bits per heavy atom. The molecule has 6 heteroatoms. The molecule has 0 aliphatic heterocycles. The fraction of sp³-hybridized carbons (Fsp3) is 0.0588. The maximum atomic E-state index is 14.3. The van der Waals surface area contributed by atoms with Crippen LogP contribution in [-0.4, -0.2) is 15.5 Å². The second-order valence-electron chi connectivity index (χ2n) is 4.94.